The zero-order chi connectivity index (χ0) is 16.1. The number of carbonyl (C=O) groups is 1. The fraction of sp³-hybridized carbons (Fsp3) is 0.235. The van der Waals surface area contributed by atoms with E-state index in [1.807, 2.05) is 19.1 Å². The summed E-state index contributed by atoms with van der Waals surface area (Å²) >= 11 is 5.91. The van der Waals surface area contributed by atoms with Crippen LogP contribution in [0.2, 0.25) is 5.02 Å². The van der Waals surface area contributed by atoms with E-state index in [1.54, 1.807) is 44.4 Å². The van der Waals surface area contributed by atoms with Crippen LogP contribution in [0.1, 0.15) is 12.5 Å². The summed E-state index contributed by atoms with van der Waals surface area (Å²) in [5.74, 6) is 1.08. The second-order valence-electron chi connectivity index (χ2n) is 4.89. The summed E-state index contributed by atoms with van der Waals surface area (Å²) in [4.78, 5) is 12.2. The normalized spacial score (nSPS) is 11.6. The molecule has 22 heavy (non-hydrogen) atoms. The number of methoxy groups -OCH3 is 1. The number of hydrogen-bond acceptors (Lipinski definition) is 3. The standard InChI is InChI=1S/C17H18ClNO3/c1-11-9-13(18)7-8-16(11)22-12(2)17(20)19-14-5-4-6-15(10-14)21-3/h4-10,12H,1-3H3,(H,19,20). The predicted octanol–water partition coefficient (Wildman–Crippen LogP) is 4.06. The van der Waals surface area contributed by atoms with E-state index in [0.29, 0.717) is 22.2 Å². The van der Waals surface area contributed by atoms with E-state index >= 15 is 0 Å². The minimum Gasteiger partial charge on any atom is -0.497 e. The van der Waals surface area contributed by atoms with Crippen LogP contribution in [0.15, 0.2) is 42.5 Å². The quantitative estimate of drug-likeness (QED) is 0.904. The molecule has 0 heterocycles. The molecule has 1 N–H and O–H groups in total. The number of halogens is 1. The van der Waals surface area contributed by atoms with Crippen molar-refractivity contribution in [3.8, 4) is 11.5 Å². The van der Waals surface area contributed by atoms with E-state index in [0.717, 1.165) is 5.56 Å². The Labute approximate surface area is 135 Å². The van der Waals surface area contributed by atoms with Crippen LogP contribution in [-0.2, 0) is 4.79 Å². The topological polar surface area (TPSA) is 47.6 Å². The first-order valence-electron chi connectivity index (χ1n) is 6.87. The molecule has 4 nitrogen and oxygen atoms in total. The number of nitrogens with one attached hydrogen (secondary N) is 1. The largest absolute Gasteiger partial charge is 0.497 e. The minimum absolute atomic E-state index is 0.234. The summed E-state index contributed by atoms with van der Waals surface area (Å²) in [5.41, 5.74) is 1.54. The van der Waals surface area contributed by atoms with E-state index in [9.17, 15) is 4.79 Å². The lowest BCUT2D eigenvalue weighted by molar-refractivity contribution is -0.122. The lowest BCUT2D eigenvalue weighted by Gasteiger charge is -2.16. The molecular formula is C17H18ClNO3. The van der Waals surface area contributed by atoms with Crippen LogP contribution >= 0.6 is 11.6 Å². The van der Waals surface area contributed by atoms with Gasteiger partial charge in [-0.2, -0.15) is 0 Å². The van der Waals surface area contributed by atoms with Gasteiger partial charge in [-0.1, -0.05) is 17.7 Å². The van der Waals surface area contributed by atoms with Crippen LogP contribution in [0.25, 0.3) is 0 Å². The van der Waals surface area contributed by atoms with Gasteiger partial charge in [0.15, 0.2) is 6.10 Å². The molecule has 0 fully saturated rings. The highest BCUT2D eigenvalue weighted by molar-refractivity contribution is 6.30. The average molecular weight is 320 g/mol. The number of benzene rings is 2. The molecule has 0 aliphatic carbocycles. The van der Waals surface area contributed by atoms with E-state index in [1.165, 1.54) is 0 Å². The Balaban J connectivity index is 2.02. The minimum atomic E-state index is -0.633. The van der Waals surface area contributed by atoms with Crippen molar-refractivity contribution in [2.45, 2.75) is 20.0 Å². The first-order chi connectivity index (χ1) is 10.5. The van der Waals surface area contributed by atoms with E-state index in [-0.39, 0.29) is 5.91 Å². The van der Waals surface area contributed by atoms with Crippen molar-refractivity contribution in [1.29, 1.82) is 0 Å². The highest BCUT2D eigenvalue weighted by Crippen LogP contribution is 2.23. The smallest absolute Gasteiger partial charge is 0.265 e. The summed E-state index contributed by atoms with van der Waals surface area (Å²) in [6, 6.07) is 12.4. The molecule has 1 atom stereocenters. The monoisotopic (exact) mass is 319 g/mol. The Morgan fingerprint density at radius 2 is 2.00 bits per heavy atom. The van der Waals surface area contributed by atoms with Gasteiger partial charge in [-0.15, -0.1) is 0 Å². The second-order valence-corrected chi connectivity index (χ2v) is 5.33. The summed E-state index contributed by atoms with van der Waals surface area (Å²) in [6.07, 6.45) is -0.633. The van der Waals surface area contributed by atoms with E-state index in [4.69, 9.17) is 21.1 Å². The third-order valence-corrected chi connectivity index (χ3v) is 3.38. The molecule has 0 aromatic heterocycles. The average Bonchev–Trinajstić information content (AvgIpc) is 2.50. The second kappa shape index (κ2) is 7.18. The van der Waals surface area contributed by atoms with Gasteiger partial charge in [0.05, 0.1) is 7.11 Å². The zero-order valence-corrected chi connectivity index (χ0v) is 13.5. The Morgan fingerprint density at radius 3 is 2.68 bits per heavy atom. The van der Waals surface area contributed by atoms with Gasteiger partial charge in [-0.05, 0) is 49.7 Å². The number of aryl methyl sites for hydroxylation is 1. The molecule has 2 rings (SSSR count). The molecule has 0 aliphatic rings. The molecule has 5 heteroatoms. The molecule has 0 bridgehead atoms. The number of amides is 1. The molecule has 0 saturated heterocycles. The molecule has 2 aromatic rings. The van der Waals surface area contributed by atoms with Crippen molar-refractivity contribution in [1.82, 2.24) is 0 Å². The molecule has 2 aromatic carbocycles. The van der Waals surface area contributed by atoms with Crippen LogP contribution in [-0.4, -0.2) is 19.1 Å². The highest BCUT2D eigenvalue weighted by atomic mass is 35.5. The molecule has 0 radical (unpaired) electrons. The van der Waals surface area contributed by atoms with Gasteiger partial charge in [0, 0.05) is 16.8 Å². The van der Waals surface area contributed by atoms with E-state index in [2.05, 4.69) is 5.32 Å². The van der Waals surface area contributed by atoms with Crippen LogP contribution in [0.4, 0.5) is 5.69 Å². The Hall–Kier alpha value is -2.20. The van der Waals surface area contributed by atoms with Gasteiger partial charge in [-0.3, -0.25) is 4.79 Å². The number of rotatable bonds is 5. The molecule has 0 spiro atoms. The van der Waals surface area contributed by atoms with Crippen molar-refractivity contribution in [3.63, 3.8) is 0 Å². The van der Waals surface area contributed by atoms with E-state index < -0.39 is 6.10 Å². The van der Waals surface area contributed by atoms with Crippen LogP contribution in [0.3, 0.4) is 0 Å². The number of hydrogen-bond donors (Lipinski definition) is 1. The Bertz CT molecular complexity index is 673. The SMILES string of the molecule is COc1cccc(NC(=O)C(C)Oc2ccc(Cl)cc2C)c1. The molecule has 0 aliphatic heterocycles. The van der Waals surface area contributed by atoms with Gasteiger partial charge in [0.25, 0.3) is 5.91 Å². The summed E-state index contributed by atoms with van der Waals surface area (Å²) < 4.78 is 10.8. The third kappa shape index (κ3) is 4.15. The summed E-state index contributed by atoms with van der Waals surface area (Å²) in [5, 5.41) is 3.43. The van der Waals surface area contributed by atoms with Gasteiger partial charge < -0.3 is 14.8 Å². The van der Waals surface area contributed by atoms with Crippen LogP contribution in [0.5, 0.6) is 11.5 Å². The summed E-state index contributed by atoms with van der Waals surface area (Å²) in [7, 11) is 1.58. The van der Waals surface area contributed by atoms with Gasteiger partial charge in [0.1, 0.15) is 11.5 Å². The molecule has 0 saturated carbocycles. The maximum atomic E-state index is 12.2. The maximum absolute atomic E-state index is 12.2. The van der Waals surface area contributed by atoms with Crippen molar-refractivity contribution in [2.75, 3.05) is 12.4 Å². The van der Waals surface area contributed by atoms with Crippen molar-refractivity contribution in [2.24, 2.45) is 0 Å². The van der Waals surface area contributed by atoms with Gasteiger partial charge >= 0.3 is 0 Å². The fourth-order valence-electron chi connectivity index (χ4n) is 1.93. The first kappa shape index (κ1) is 16.2. The van der Waals surface area contributed by atoms with Crippen LogP contribution in [0, 0.1) is 6.92 Å². The van der Waals surface area contributed by atoms with Crippen molar-refractivity contribution in [3.05, 3.63) is 53.1 Å². The Morgan fingerprint density at radius 1 is 1.23 bits per heavy atom. The van der Waals surface area contributed by atoms with Gasteiger partial charge in [-0.25, -0.2) is 0 Å². The molecule has 116 valence electrons. The lowest BCUT2D eigenvalue weighted by Crippen LogP contribution is -2.30. The lowest BCUT2D eigenvalue weighted by atomic mass is 10.2. The predicted molar refractivity (Wildman–Crippen MR) is 87.9 cm³/mol. The van der Waals surface area contributed by atoms with Crippen LogP contribution < -0.4 is 14.8 Å². The maximum Gasteiger partial charge on any atom is 0.265 e. The number of ether oxygens (including phenoxy) is 2. The number of carbonyl (C=O) groups excluding carboxylic acids is 1. The number of anilines is 1. The highest BCUT2D eigenvalue weighted by Gasteiger charge is 2.16. The third-order valence-electron chi connectivity index (χ3n) is 3.15. The van der Waals surface area contributed by atoms with Crippen molar-refractivity contribution >= 4 is 23.2 Å². The Kier molecular flexibility index (Phi) is 5.28. The molecular weight excluding hydrogens is 302 g/mol. The summed E-state index contributed by atoms with van der Waals surface area (Å²) in [6.45, 7) is 3.58. The zero-order valence-electron chi connectivity index (χ0n) is 12.7. The van der Waals surface area contributed by atoms with Crippen molar-refractivity contribution < 1.29 is 14.3 Å². The van der Waals surface area contributed by atoms with Gasteiger partial charge in [0.2, 0.25) is 0 Å². The fourth-order valence-corrected chi connectivity index (χ4v) is 2.16. The molecule has 1 unspecified atom stereocenters. The molecule has 1 amide bonds. The first-order valence-corrected chi connectivity index (χ1v) is 7.25.